The molecule has 0 saturated carbocycles. The first kappa shape index (κ1) is 12.5. The normalized spacial score (nSPS) is 20.5. The molecule has 1 atom stereocenters. The van der Waals surface area contributed by atoms with Crippen LogP contribution in [0.3, 0.4) is 0 Å². The van der Waals surface area contributed by atoms with Gasteiger partial charge in [-0.15, -0.1) is 12.4 Å². The molecule has 2 nitrogen and oxygen atoms in total. The Labute approximate surface area is 97.9 Å². The summed E-state index contributed by atoms with van der Waals surface area (Å²) in [4.78, 5) is 2.46. The van der Waals surface area contributed by atoms with E-state index in [0.29, 0.717) is 6.04 Å². The molecule has 84 valence electrons. The fourth-order valence-electron chi connectivity index (χ4n) is 2.20. The van der Waals surface area contributed by atoms with E-state index < -0.39 is 0 Å². The van der Waals surface area contributed by atoms with Crippen molar-refractivity contribution in [2.24, 2.45) is 5.73 Å². The average molecular weight is 227 g/mol. The maximum absolute atomic E-state index is 5.60. The standard InChI is InChI=1S/C12H18N2.ClH/c1-10-8-11-4-2-3-5-12(11)9-14(10)7-6-13;/h2-5,10H,6-9,13H2,1H3;1H. The van der Waals surface area contributed by atoms with Gasteiger partial charge in [-0.25, -0.2) is 0 Å². The Morgan fingerprint density at radius 3 is 2.67 bits per heavy atom. The second-order valence-electron chi connectivity index (χ2n) is 4.08. The largest absolute Gasteiger partial charge is 0.329 e. The predicted octanol–water partition coefficient (Wildman–Crippen LogP) is 1.81. The van der Waals surface area contributed by atoms with Gasteiger partial charge in [0.1, 0.15) is 0 Å². The minimum atomic E-state index is 0. The summed E-state index contributed by atoms with van der Waals surface area (Å²) in [5.41, 5.74) is 8.58. The van der Waals surface area contributed by atoms with Crippen molar-refractivity contribution in [1.29, 1.82) is 0 Å². The van der Waals surface area contributed by atoms with Crippen LogP contribution in [-0.4, -0.2) is 24.0 Å². The highest BCUT2D eigenvalue weighted by molar-refractivity contribution is 5.85. The number of benzene rings is 1. The van der Waals surface area contributed by atoms with E-state index in [9.17, 15) is 0 Å². The molecule has 0 radical (unpaired) electrons. The van der Waals surface area contributed by atoms with E-state index in [1.807, 2.05) is 0 Å². The predicted molar refractivity (Wildman–Crippen MR) is 66.3 cm³/mol. The zero-order chi connectivity index (χ0) is 9.97. The van der Waals surface area contributed by atoms with Crippen LogP contribution >= 0.6 is 12.4 Å². The SMILES string of the molecule is CC1Cc2ccccc2CN1CCN.Cl. The summed E-state index contributed by atoms with van der Waals surface area (Å²) >= 11 is 0. The van der Waals surface area contributed by atoms with Crippen molar-refractivity contribution in [2.45, 2.75) is 25.9 Å². The van der Waals surface area contributed by atoms with Gasteiger partial charge in [0.05, 0.1) is 0 Å². The molecule has 2 rings (SSSR count). The van der Waals surface area contributed by atoms with Gasteiger partial charge in [-0.05, 0) is 24.5 Å². The van der Waals surface area contributed by atoms with Gasteiger partial charge in [-0.2, -0.15) is 0 Å². The van der Waals surface area contributed by atoms with Gasteiger partial charge in [0.15, 0.2) is 0 Å². The molecule has 1 unspecified atom stereocenters. The van der Waals surface area contributed by atoms with Crippen LogP contribution in [0.1, 0.15) is 18.1 Å². The van der Waals surface area contributed by atoms with E-state index in [0.717, 1.165) is 26.1 Å². The van der Waals surface area contributed by atoms with Crippen LogP contribution in [0.15, 0.2) is 24.3 Å². The molecule has 0 spiro atoms. The van der Waals surface area contributed by atoms with Crippen LogP contribution in [0.25, 0.3) is 0 Å². The quantitative estimate of drug-likeness (QED) is 0.834. The number of fused-ring (bicyclic) bond motifs is 1. The highest BCUT2D eigenvalue weighted by Gasteiger charge is 2.21. The van der Waals surface area contributed by atoms with Gasteiger partial charge < -0.3 is 5.73 Å². The summed E-state index contributed by atoms with van der Waals surface area (Å²) in [7, 11) is 0. The lowest BCUT2D eigenvalue weighted by molar-refractivity contribution is 0.190. The number of hydrogen-bond donors (Lipinski definition) is 1. The second kappa shape index (κ2) is 5.50. The Bertz CT molecular complexity index is 314. The minimum Gasteiger partial charge on any atom is -0.329 e. The zero-order valence-corrected chi connectivity index (χ0v) is 9.96. The van der Waals surface area contributed by atoms with E-state index in [1.54, 1.807) is 0 Å². The molecule has 1 aliphatic heterocycles. The van der Waals surface area contributed by atoms with E-state index in [4.69, 9.17) is 5.73 Å². The van der Waals surface area contributed by atoms with Crippen molar-refractivity contribution in [2.75, 3.05) is 13.1 Å². The number of hydrogen-bond acceptors (Lipinski definition) is 2. The fraction of sp³-hybridized carbons (Fsp3) is 0.500. The molecular formula is C12H19ClN2. The Balaban J connectivity index is 0.00000112. The summed E-state index contributed by atoms with van der Waals surface area (Å²) in [6.45, 7) is 5.11. The topological polar surface area (TPSA) is 29.3 Å². The first-order chi connectivity index (χ1) is 6.81. The number of nitrogens with two attached hydrogens (primary N) is 1. The summed E-state index contributed by atoms with van der Waals surface area (Å²) in [6.07, 6.45) is 1.16. The molecule has 15 heavy (non-hydrogen) atoms. The maximum Gasteiger partial charge on any atom is 0.0239 e. The summed E-state index contributed by atoms with van der Waals surface area (Å²) in [5.74, 6) is 0. The molecule has 0 aromatic heterocycles. The van der Waals surface area contributed by atoms with E-state index in [2.05, 4.69) is 36.1 Å². The molecular weight excluding hydrogens is 208 g/mol. The van der Waals surface area contributed by atoms with Crippen molar-refractivity contribution in [1.82, 2.24) is 4.90 Å². The van der Waals surface area contributed by atoms with Crippen LogP contribution in [-0.2, 0) is 13.0 Å². The Morgan fingerprint density at radius 1 is 1.33 bits per heavy atom. The summed E-state index contributed by atoms with van der Waals surface area (Å²) in [5, 5.41) is 0. The van der Waals surface area contributed by atoms with E-state index in [-0.39, 0.29) is 12.4 Å². The van der Waals surface area contributed by atoms with Gasteiger partial charge in [0.25, 0.3) is 0 Å². The second-order valence-corrected chi connectivity index (χ2v) is 4.08. The van der Waals surface area contributed by atoms with Crippen molar-refractivity contribution in [3.05, 3.63) is 35.4 Å². The van der Waals surface area contributed by atoms with Gasteiger partial charge >= 0.3 is 0 Å². The first-order valence-electron chi connectivity index (χ1n) is 5.32. The van der Waals surface area contributed by atoms with Crippen LogP contribution < -0.4 is 5.73 Å². The third kappa shape index (κ3) is 2.71. The monoisotopic (exact) mass is 226 g/mol. The Kier molecular flexibility index (Phi) is 4.58. The fourth-order valence-corrected chi connectivity index (χ4v) is 2.20. The molecule has 1 aliphatic rings. The van der Waals surface area contributed by atoms with Gasteiger partial charge in [0.2, 0.25) is 0 Å². The number of rotatable bonds is 2. The highest BCUT2D eigenvalue weighted by atomic mass is 35.5. The molecule has 0 amide bonds. The van der Waals surface area contributed by atoms with Crippen molar-refractivity contribution >= 4 is 12.4 Å². The van der Waals surface area contributed by atoms with E-state index >= 15 is 0 Å². The molecule has 3 heteroatoms. The third-order valence-corrected chi connectivity index (χ3v) is 3.05. The molecule has 1 aromatic carbocycles. The third-order valence-electron chi connectivity index (χ3n) is 3.05. The molecule has 1 heterocycles. The summed E-state index contributed by atoms with van der Waals surface area (Å²) in [6, 6.07) is 9.35. The van der Waals surface area contributed by atoms with Gasteiger partial charge in [0, 0.05) is 25.7 Å². The lowest BCUT2D eigenvalue weighted by atomic mass is 9.95. The van der Waals surface area contributed by atoms with Gasteiger partial charge in [-0.3, -0.25) is 4.90 Å². The lowest BCUT2D eigenvalue weighted by Crippen LogP contribution is -2.41. The Hall–Kier alpha value is -0.570. The zero-order valence-electron chi connectivity index (χ0n) is 9.15. The average Bonchev–Trinajstić information content (AvgIpc) is 2.19. The molecule has 2 N–H and O–H groups in total. The van der Waals surface area contributed by atoms with Crippen molar-refractivity contribution in [3.63, 3.8) is 0 Å². The maximum atomic E-state index is 5.60. The first-order valence-corrected chi connectivity index (χ1v) is 5.32. The highest BCUT2D eigenvalue weighted by Crippen LogP contribution is 2.22. The molecule has 0 fully saturated rings. The molecule has 0 bridgehead atoms. The minimum absolute atomic E-state index is 0. The number of nitrogens with zero attached hydrogens (tertiary/aromatic N) is 1. The smallest absolute Gasteiger partial charge is 0.0239 e. The van der Waals surface area contributed by atoms with Crippen molar-refractivity contribution < 1.29 is 0 Å². The van der Waals surface area contributed by atoms with E-state index in [1.165, 1.54) is 11.1 Å². The summed E-state index contributed by atoms with van der Waals surface area (Å²) < 4.78 is 0. The van der Waals surface area contributed by atoms with Crippen molar-refractivity contribution in [3.8, 4) is 0 Å². The van der Waals surface area contributed by atoms with Crippen LogP contribution in [0, 0.1) is 0 Å². The van der Waals surface area contributed by atoms with Crippen LogP contribution in [0.2, 0.25) is 0 Å². The molecule has 0 saturated heterocycles. The molecule has 0 aliphatic carbocycles. The van der Waals surface area contributed by atoms with Gasteiger partial charge in [-0.1, -0.05) is 24.3 Å². The lowest BCUT2D eigenvalue weighted by Gasteiger charge is -2.34. The number of halogens is 1. The van der Waals surface area contributed by atoms with Crippen LogP contribution in [0.4, 0.5) is 0 Å². The Morgan fingerprint density at radius 2 is 2.00 bits per heavy atom. The van der Waals surface area contributed by atoms with Crippen LogP contribution in [0.5, 0.6) is 0 Å². The molecule has 1 aromatic rings.